The van der Waals surface area contributed by atoms with Gasteiger partial charge in [-0.2, -0.15) is 0 Å². The number of rotatable bonds is 8. The van der Waals surface area contributed by atoms with E-state index >= 15 is 0 Å². The average molecular weight is 320 g/mol. The molecule has 1 saturated carbocycles. The largest absolute Gasteiger partial charge is 0.465 e. The number of carbonyl (C=O) groups excluding carboxylic acids is 1. The smallest absolute Gasteiger partial charge is 0.314 e. The van der Waals surface area contributed by atoms with Crippen LogP contribution in [-0.4, -0.2) is 32.4 Å². The molecule has 2 atom stereocenters. The van der Waals surface area contributed by atoms with Gasteiger partial charge in [0.1, 0.15) is 0 Å². The fraction of sp³-hybridized carbons (Fsp3) is 0.632. The summed E-state index contributed by atoms with van der Waals surface area (Å²) in [6, 6.07) is 10.1. The summed E-state index contributed by atoms with van der Waals surface area (Å²) in [5, 5.41) is 0. The first-order chi connectivity index (χ1) is 11.2. The molecule has 2 rings (SSSR count). The predicted molar refractivity (Wildman–Crippen MR) is 89.0 cm³/mol. The summed E-state index contributed by atoms with van der Waals surface area (Å²) in [5.41, 5.74) is 0.557. The lowest BCUT2D eigenvalue weighted by Crippen LogP contribution is -2.48. The van der Waals surface area contributed by atoms with Crippen molar-refractivity contribution in [3.8, 4) is 0 Å². The SMILES string of the molecule is CCOC(=O)C1(CCOC)CCCCC1OCc1ccccc1. The Hall–Kier alpha value is -1.39. The second kappa shape index (κ2) is 9.04. The summed E-state index contributed by atoms with van der Waals surface area (Å²) in [6.07, 6.45) is 4.39. The van der Waals surface area contributed by atoms with Crippen LogP contribution in [0.5, 0.6) is 0 Å². The average Bonchev–Trinajstić information content (AvgIpc) is 2.60. The van der Waals surface area contributed by atoms with Crippen LogP contribution >= 0.6 is 0 Å². The van der Waals surface area contributed by atoms with Gasteiger partial charge in [0.25, 0.3) is 0 Å². The lowest BCUT2D eigenvalue weighted by atomic mass is 9.69. The fourth-order valence-electron chi connectivity index (χ4n) is 3.40. The third-order valence-electron chi connectivity index (χ3n) is 4.68. The summed E-state index contributed by atoms with van der Waals surface area (Å²) in [4.78, 5) is 12.7. The quantitative estimate of drug-likeness (QED) is 0.685. The Morgan fingerprint density at radius 3 is 2.74 bits per heavy atom. The Kier molecular flexibility index (Phi) is 7.06. The molecular formula is C19H28O4. The lowest BCUT2D eigenvalue weighted by Gasteiger charge is -2.41. The minimum atomic E-state index is -0.570. The Bertz CT molecular complexity index is 474. The Balaban J connectivity index is 2.12. The zero-order valence-electron chi connectivity index (χ0n) is 14.3. The molecule has 0 radical (unpaired) electrons. The van der Waals surface area contributed by atoms with E-state index in [1.165, 1.54) is 0 Å². The van der Waals surface area contributed by atoms with Crippen molar-refractivity contribution in [2.45, 2.75) is 51.7 Å². The highest BCUT2D eigenvalue weighted by molar-refractivity contribution is 5.77. The second-order valence-corrected chi connectivity index (χ2v) is 6.15. The van der Waals surface area contributed by atoms with E-state index in [0.29, 0.717) is 26.2 Å². The highest BCUT2D eigenvalue weighted by Gasteiger charge is 2.48. The topological polar surface area (TPSA) is 44.8 Å². The summed E-state index contributed by atoms with van der Waals surface area (Å²) >= 11 is 0. The van der Waals surface area contributed by atoms with Crippen LogP contribution in [0.25, 0.3) is 0 Å². The van der Waals surface area contributed by atoms with Crippen molar-refractivity contribution in [1.82, 2.24) is 0 Å². The molecule has 4 nitrogen and oxygen atoms in total. The molecule has 0 aromatic heterocycles. The number of benzene rings is 1. The van der Waals surface area contributed by atoms with Crippen LogP contribution in [0.15, 0.2) is 30.3 Å². The first-order valence-corrected chi connectivity index (χ1v) is 8.54. The minimum Gasteiger partial charge on any atom is -0.465 e. The van der Waals surface area contributed by atoms with Crippen molar-refractivity contribution in [2.75, 3.05) is 20.3 Å². The molecule has 1 aromatic carbocycles. The fourth-order valence-corrected chi connectivity index (χ4v) is 3.40. The Labute approximate surface area is 139 Å². The van der Waals surface area contributed by atoms with Gasteiger partial charge in [-0.25, -0.2) is 0 Å². The van der Waals surface area contributed by atoms with Crippen LogP contribution in [0.1, 0.15) is 44.6 Å². The van der Waals surface area contributed by atoms with Crippen molar-refractivity contribution in [3.63, 3.8) is 0 Å². The molecule has 1 aliphatic carbocycles. The van der Waals surface area contributed by atoms with Gasteiger partial charge in [0, 0.05) is 13.7 Å². The van der Waals surface area contributed by atoms with Crippen molar-refractivity contribution < 1.29 is 19.0 Å². The van der Waals surface area contributed by atoms with E-state index in [4.69, 9.17) is 14.2 Å². The Morgan fingerprint density at radius 1 is 1.26 bits per heavy atom. The van der Waals surface area contributed by atoms with Gasteiger partial charge in [-0.1, -0.05) is 43.2 Å². The molecule has 0 bridgehead atoms. The normalized spacial score (nSPS) is 24.3. The third kappa shape index (κ3) is 4.55. The lowest BCUT2D eigenvalue weighted by molar-refractivity contribution is -0.174. The van der Waals surface area contributed by atoms with Crippen LogP contribution in [0.2, 0.25) is 0 Å². The molecule has 1 aliphatic rings. The summed E-state index contributed by atoms with van der Waals surface area (Å²) in [6.45, 7) is 3.33. The third-order valence-corrected chi connectivity index (χ3v) is 4.68. The number of methoxy groups -OCH3 is 1. The van der Waals surface area contributed by atoms with Crippen LogP contribution < -0.4 is 0 Å². The molecule has 0 amide bonds. The molecule has 4 heteroatoms. The number of ether oxygens (including phenoxy) is 3. The number of esters is 1. The first-order valence-electron chi connectivity index (χ1n) is 8.54. The molecule has 0 spiro atoms. The zero-order chi connectivity index (χ0) is 16.5. The van der Waals surface area contributed by atoms with Crippen LogP contribution in [-0.2, 0) is 25.6 Å². The van der Waals surface area contributed by atoms with E-state index in [1.807, 2.05) is 37.3 Å². The second-order valence-electron chi connectivity index (χ2n) is 6.15. The van der Waals surface area contributed by atoms with Crippen molar-refractivity contribution in [3.05, 3.63) is 35.9 Å². The van der Waals surface area contributed by atoms with E-state index in [1.54, 1.807) is 7.11 Å². The zero-order valence-corrected chi connectivity index (χ0v) is 14.3. The molecule has 0 saturated heterocycles. The van der Waals surface area contributed by atoms with E-state index in [2.05, 4.69) is 0 Å². The highest BCUT2D eigenvalue weighted by Crippen LogP contribution is 2.43. The van der Waals surface area contributed by atoms with Crippen molar-refractivity contribution in [2.24, 2.45) is 5.41 Å². The Morgan fingerprint density at radius 2 is 2.04 bits per heavy atom. The van der Waals surface area contributed by atoms with Crippen molar-refractivity contribution >= 4 is 5.97 Å². The molecule has 128 valence electrons. The van der Waals surface area contributed by atoms with Gasteiger partial charge < -0.3 is 14.2 Å². The predicted octanol–water partition coefficient (Wildman–Crippen LogP) is 3.73. The maximum atomic E-state index is 12.7. The standard InChI is InChI=1S/C19H28O4/c1-3-22-18(20)19(13-14-21-2)12-8-7-11-17(19)23-15-16-9-5-4-6-10-16/h4-6,9-10,17H,3,7-8,11-15H2,1-2H3. The van der Waals surface area contributed by atoms with Gasteiger partial charge in [-0.3, -0.25) is 4.79 Å². The number of hydrogen-bond donors (Lipinski definition) is 0. The van der Waals surface area contributed by atoms with E-state index < -0.39 is 5.41 Å². The molecular weight excluding hydrogens is 292 g/mol. The summed E-state index contributed by atoms with van der Waals surface area (Å²) < 4.78 is 16.8. The van der Waals surface area contributed by atoms with Crippen LogP contribution in [0, 0.1) is 5.41 Å². The molecule has 0 heterocycles. The summed E-state index contributed by atoms with van der Waals surface area (Å²) in [5.74, 6) is -0.130. The molecule has 1 aromatic rings. The van der Waals surface area contributed by atoms with E-state index in [0.717, 1.165) is 31.2 Å². The number of hydrogen-bond acceptors (Lipinski definition) is 4. The highest BCUT2D eigenvalue weighted by atomic mass is 16.5. The van der Waals surface area contributed by atoms with Crippen molar-refractivity contribution in [1.29, 1.82) is 0 Å². The first kappa shape index (κ1) is 18.0. The van der Waals surface area contributed by atoms with Gasteiger partial charge in [0.05, 0.1) is 24.7 Å². The van der Waals surface area contributed by atoms with Gasteiger partial charge in [0.15, 0.2) is 0 Å². The van der Waals surface area contributed by atoms with Gasteiger partial charge in [0.2, 0.25) is 0 Å². The monoisotopic (exact) mass is 320 g/mol. The molecule has 23 heavy (non-hydrogen) atoms. The maximum Gasteiger partial charge on any atom is 0.314 e. The van der Waals surface area contributed by atoms with Gasteiger partial charge in [-0.15, -0.1) is 0 Å². The maximum absolute atomic E-state index is 12.7. The molecule has 0 N–H and O–H groups in total. The van der Waals surface area contributed by atoms with Crippen LogP contribution in [0.4, 0.5) is 0 Å². The van der Waals surface area contributed by atoms with E-state index in [9.17, 15) is 4.79 Å². The minimum absolute atomic E-state index is 0.106. The molecule has 2 unspecified atom stereocenters. The molecule has 0 aliphatic heterocycles. The van der Waals surface area contributed by atoms with Gasteiger partial charge >= 0.3 is 5.97 Å². The van der Waals surface area contributed by atoms with Gasteiger partial charge in [-0.05, 0) is 31.7 Å². The van der Waals surface area contributed by atoms with E-state index in [-0.39, 0.29) is 12.1 Å². The van der Waals surface area contributed by atoms with Crippen LogP contribution in [0.3, 0.4) is 0 Å². The number of carbonyl (C=O) groups is 1. The summed E-state index contributed by atoms with van der Waals surface area (Å²) in [7, 11) is 1.67. The molecule has 1 fully saturated rings.